The van der Waals surface area contributed by atoms with E-state index in [1.165, 1.54) is 6.26 Å². The van der Waals surface area contributed by atoms with E-state index in [1.54, 1.807) is 24.0 Å². The number of aliphatic imine (C=N–C) groups is 1. The van der Waals surface area contributed by atoms with Crippen LogP contribution >= 0.6 is 0 Å². The Morgan fingerprint density at radius 2 is 2.00 bits per heavy atom. The van der Waals surface area contributed by atoms with Crippen molar-refractivity contribution in [1.29, 1.82) is 0 Å². The first-order chi connectivity index (χ1) is 13.5. The molecule has 8 nitrogen and oxygen atoms in total. The Balaban J connectivity index is 2.57. The number of aliphatic hydroxyl groups is 1. The minimum absolute atomic E-state index is 0.0511. The lowest BCUT2D eigenvalue weighted by Crippen LogP contribution is -2.43. The van der Waals surface area contributed by atoms with Gasteiger partial charge in [0.2, 0.25) is 0 Å². The van der Waals surface area contributed by atoms with Gasteiger partial charge in [-0.15, -0.1) is 0 Å². The Kier molecular flexibility index (Phi) is 9.49. The summed E-state index contributed by atoms with van der Waals surface area (Å²) in [5.41, 5.74) is -1.70. The number of furan rings is 1. The Bertz CT molecular complexity index is 634. The van der Waals surface area contributed by atoms with Crippen LogP contribution in [0.25, 0.3) is 0 Å². The lowest BCUT2D eigenvalue weighted by Gasteiger charge is -2.30. The smallest absolute Gasteiger partial charge is 0.410 e. The highest BCUT2D eigenvalue weighted by Crippen LogP contribution is 2.21. The van der Waals surface area contributed by atoms with Crippen molar-refractivity contribution in [2.24, 2.45) is 4.99 Å². The summed E-state index contributed by atoms with van der Waals surface area (Å²) in [6.07, 6.45) is 1.96. The molecule has 0 saturated heterocycles. The molecule has 8 heteroatoms. The van der Waals surface area contributed by atoms with Gasteiger partial charge in [0.15, 0.2) is 5.96 Å². The van der Waals surface area contributed by atoms with Crippen molar-refractivity contribution < 1.29 is 19.1 Å². The molecule has 1 heterocycles. The second-order valence-corrected chi connectivity index (χ2v) is 8.49. The van der Waals surface area contributed by atoms with Crippen molar-refractivity contribution in [3.8, 4) is 0 Å². The third kappa shape index (κ3) is 9.21. The Morgan fingerprint density at radius 1 is 1.31 bits per heavy atom. The number of ether oxygens (including phenoxy) is 1. The van der Waals surface area contributed by atoms with Gasteiger partial charge in [-0.05, 0) is 67.0 Å². The van der Waals surface area contributed by atoms with Gasteiger partial charge in [0.1, 0.15) is 17.0 Å². The maximum absolute atomic E-state index is 12.4. The molecule has 0 aliphatic rings. The Morgan fingerprint density at radius 3 is 2.52 bits per heavy atom. The average Bonchev–Trinajstić information content (AvgIpc) is 3.13. The molecule has 1 rings (SSSR count). The number of nitrogens with one attached hydrogen (secondary N) is 2. The molecule has 0 saturated carbocycles. The summed E-state index contributed by atoms with van der Waals surface area (Å²) >= 11 is 0. The van der Waals surface area contributed by atoms with Crippen molar-refractivity contribution >= 4 is 12.1 Å². The summed E-state index contributed by atoms with van der Waals surface area (Å²) in [4.78, 5) is 18.5. The molecule has 0 aliphatic carbocycles. The maximum atomic E-state index is 12.4. The van der Waals surface area contributed by atoms with E-state index < -0.39 is 11.2 Å². The molecule has 0 aliphatic heterocycles. The van der Waals surface area contributed by atoms with Crippen molar-refractivity contribution in [2.75, 3.05) is 26.2 Å². The fraction of sp³-hybridized carbons (Fsp3) is 0.714. The van der Waals surface area contributed by atoms with Gasteiger partial charge in [-0.2, -0.15) is 0 Å². The monoisotopic (exact) mass is 410 g/mol. The molecule has 0 bridgehead atoms. The molecule has 166 valence electrons. The molecule has 1 atom stereocenters. The van der Waals surface area contributed by atoms with Crippen LogP contribution in [0.15, 0.2) is 27.8 Å². The topological polar surface area (TPSA) is 99.3 Å². The molecule has 1 aromatic heterocycles. The Labute approximate surface area is 174 Å². The van der Waals surface area contributed by atoms with E-state index in [0.717, 1.165) is 6.42 Å². The van der Waals surface area contributed by atoms with E-state index in [9.17, 15) is 9.90 Å². The van der Waals surface area contributed by atoms with Crippen LogP contribution < -0.4 is 10.6 Å². The summed E-state index contributed by atoms with van der Waals surface area (Å²) in [5.74, 6) is 1.08. The number of hydrogen-bond acceptors (Lipinski definition) is 5. The van der Waals surface area contributed by atoms with Crippen LogP contribution in [-0.2, 0) is 10.3 Å². The largest absolute Gasteiger partial charge is 0.466 e. The fourth-order valence-corrected chi connectivity index (χ4v) is 2.57. The van der Waals surface area contributed by atoms with Gasteiger partial charge in [0.05, 0.1) is 12.8 Å². The molecular formula is C21H38N4O4. The van der Waals surface area contributed by atoms with E-state index in [-0.39, 0.29) is 18.7 Å². The maximum Gasteiger partial charge on any atom is 0.410 e. The Hall–Kier alpha value is -2.22. The number of guanidine groups is 1. The zero-order chi connectivity index (χ0) is 22.1. The minimum Gasteiger partial charge on any atom is -0.466 e. The van der Waals surface area contributed by atoms with Gasteiger partial charge in [-0.1, -0.05) is 0 Å². The predicted octanol–water partition coefficient (Wildman–Crippen LogP) is 3.08. The van der Waals surface area contributed by atoms with Gasteiger partial charge in [-0.3, -0.25) is 0 Å². The quantitative estimate of drug-likeness (QED) is 0.329. The third-order valence-corrected chi connectivity index (χ3v) is 4.06. The van der Waals surface area contributed by atoms with Gasteiger partial charge in [-0.25, -0.2) is 9.79 Å². The summed E-state index contributed by atoms with van der Waals surface area (Å²) < 4.78 is 10.8. The summed E-state index contributed by atoms with van der Waals surface area (Å²) in [5, 5.41) is 16.9. The SMILES string of the molecule is CCNC(=NCC(C)(O)c1ccco1)NCCCN(C(=O)OC(C)(C)C)C(C)C. The minimum atomic E-state index is -1.18. The highest BCUT2D eigenvalue weighted by atomic mass is 16.6. The second-order valence-electron chi connectivity index (χ2n) is 8.49. The summed E-state index contributed by atoms with van der Waals surface area (Å²) in [7, 11) is 0. The predicted molar refractivity (Wildman–Crippen MR) is 115 cm³/mol. The van der Waals surface area contributed by atoms with E-state index in [0.29, 0.717) is 31.4 Å². The third-order valence-electron chi connectivity index (χ3n) is 4.06. The van der Waals surface area contributed by atoms with Crippen molar-refractivity contribution in [3.05, 3.63) is 24.2 Å². The normalized spacial score (nSPS) is 14.4. The molecule has 1 aromatic rings. The van der Waals surface area contributed by atoms with Gasteiger partial charge >= 0.3 is 6.09 Å². The van der Waals surface area contributed by atoms with E-state index in [1.807, 2.05) is 41.5 Å². The first-order valence-corrected chi connectivity index (χ1v) is 10.2. The highest BCUT2D eigenvalue weighted by molar-refractivity contribution is 5.79. The lowest BCUT2D eigenvalue weighted by molar-refractivity contribution is 0.0189. The standard InChI is InChI=1S/C21H38N4O4/c1-8-22-18(24-15-21(7,27)17-11-9-14-28-17)23-12-10-13-25(16(2)3)19(26)29-20(4,5)6/h9,11,14,16,27H,8,10,12-13,15H2,1-7H3,(H2,22,23,24). The van der Waals surface area contributed by atoms with Gasteiger partial charge < -0.3 is 29.8 Å². The molecule has 0 radical (unpaired) electrons. The number of hydrogen-bond donors (Lipinski definition) is 3. The molecule has 1 unspecified atom stereocenters. The van der Waals surface area contributed by atoms with Crippen LogP contribution in [0.1, 0.15) is 60.6 Å². The number of rotatable bonds is 9. The molecule has 0 fully saturated rings. The van der Waals surface area contributed by atoms with Crippen molar-refractivity contribution in [2.45, 2.75) is 72.1 Å². The first kappa shape index (κ1) is 24.8. The van der Waals surface area contributed by atoms with Crippen LogP contribution in [0.2, 0.25) is 0 Å². The summed E-state index contributed by atoms with van der Waals surface area (Å²) in [6, 6.07) is 3.52. The average molecular weight is 411 g/mol. The van der Waals surface area contributed by atoms with Crippen molar-refractivity contribution in [3.63, 3.8) is 0 Å². The van der Waals surface area contributed by atoms with E-state index >= 15 is 0 Å². The zero-order valence-corrected chi connectivity index (χ0v) is 18.9. The van der Waals surface area contributed by atoms with Gasteiger partial charge in [0.25, 0.3) is 0 Å². The number of carbonyl (C=O) groups is 1. The molecular weight excluding hydrogens is 372 g/mol. The second kappa shape index (κ2) is 11.1. The molecule has 1 amide bonds. The number of amides is 1. The first-order valence-electron chi connectivity index (χ1n) is 10.2. The van der Waals surface area contributed by atoms with Crippen LogP contribution in [0.5, 0.6) is 0 Å². The molecule has 3 N–H and O–H groups in total. The van der Waals surface area contributed by atoms with Gasteiger partial charge in [0, 0.05) is 25.7 Å². The molecule has 0 aromatic carbocycles. The highest BCUT2D eigenvalue weighted by Gasteiger charge is 2.26. The van der Waals surface area contributed by atoms with Crippen LogP contribution in [0, 0.1) is 0 Å². The summed E-state index contributed by atoms with van der Waals surface area (Å²) in [6.45, 7) is 15.2. The van der Waals surface area contributed by atoms with E-state index in [2.05, 4.69) is 15.6 Å². The number of carbonyl (C=O) groups excluding carboxylic acids is 1. The fourth-order valence-electron chi connectivity index (χ4n) is 2.57. The van der Waals surface area contributed by atoms with Crippen LogP contribution in [0.3, 0.4) is 0 Å². The van der Waals surface area contributed by atoms with E-state index in [4.69, 9.17) is 9.15 Å². The number of nitrogens with zero attached hydrogens (tertiary/aromatic N) is 2. The lowest BCUT2D eigenvalue weighted by atomic mass is 10.0. The zero-order valence-electron chi connectivity index (χ0n) is 18.9. The van der Waals surface area contributed by atoms with Crippen LogP contribution in [0.4, 0.5) is 4.79 Å². The van der Waals surface area contributed by atoms with Crippen molar-refractivity contribution in [1.82, 2.24) is 15.5 Å². The molecule has 0 spiro atoms. The van der Waals surface area contributed by atoms with Crippen LogP contribution in [-0.4, -0.2) is 59.9 Å². The molecule has 29 heavy (non-hydrogen) atoms.